The molecule has 2 N–H and O–H groups in total. The molecule has 1 saturated heterocycles. The van der Waals surface area contributed by atoms with Gasteiger partial charge in [-0.05, 0) is 95.8 Å². The third-order valence-electron chi connectivity index (χ3n) is 5.29. The number of rotatable bonds is 8. The molecule has 5 amide bonds. The summed E-state index contributed by atoms with van der Waals surface area (Å²) in [4.78, 5) is 51.4. The molecule has 0 bridgehead atoms. The second-order valence-electron chi connectivity index (χ2n) is 8.04. The Hall–Kier alpha value is -3.97. The number of carbonyl (C=O) groups excluding carboxylic acids is 4. The topological polar surface area (TPSA) is 114 Å². The van der Waals surface area contributed by atoms with Crippen LogP contribution in [0, 0.1) is 9.39 Å². The number of barbiturate groups is 1. The summed E-state index contributed by atoms with van der Waals surface area (Å²) in [6.07, 6.45) is 1.33. The van der Waals surface area contributed by atoms with E-state index in [-0.39, 0.29) is 36.0 Å². The van der Waals surface area contributed by atoms with Crippen molar-refractivity contribution in [2.24, 2.45) is 0 Å². The van der Waals surface area contributed by atoms with E-state index in [2.05, 4.69) is 10.6 Å². The molecular weight excluding hydrogens is 644 g/mol. The van der Waals surface area contributed by atoms with Crippen LogP contribution in [-0.2, 0) is 14.4 Å². The van der Waals surface area contributed by atoms with Crippen molar-refractivity contribution in [1.29, 1.82) is 0 Å². The number of ether oxygens (including phenoxy) is 2. The van der Waals surface area contributed by atoms with Crippen molar-refractivity contribution in [3.8, 4) is 11.5 Å². The molecule has 0 aromatic heterocycles. The molecular formula is C27H20ClFIN3O6. The monoisotopic (exact) mass is 663 g/mol. The predicted molar refractivity (Wildman–Crippen MR) is 151 cm³/mol. The lowest BCUT2D eigenvalue weighted by atomic mass is 10.1. The molecule has 0 atom stereocenters. The summed E-state index contributed by atoms with van der Waals surface area (Å²) < 4.78 is 25.0. The fourth-order valence-electron chi connectivity index (χ4n) is 3.62. The van der Waals surface area contributed by atoms with Gasteiger partial charge in [-0.15, -0.1) is 0 Å². The number of amides is 5. The number of nitrogens with one attached hydrogen (secondary N) is 2. The van der Waals surface area contributed by atoms with Crippen LogP contribution < -0.4 is 25.0 Å². The zero-order chi connectivity index (χ0) is 28.1. The average Bonchev–Trinajstić information content (AvgIpc) is 2.87. The van der Waals surface area contributed by atoms with Gasteiger partial charge in [-0.2, -0.15) is 0 Å². The van der Waals surface area contributed by atoms with Gasteiger partial charge in [0.15, 0.2) is 18.1 Å². The molecule has 1 heterocycles. The smallest absolute Gasteiger partial charge is 0.335 e. The SMILES string of the molecule is CCOc1cc(/C=C2\C(=O)NC(=O)N(c3cccc(Cl)c3)C2=O)cc(I)c1OCC(=O)Nc1ccc(F)cc1. The standard InChI is InChI=1S/C27H20ClFIN3O6/c1-2-38-22-12-15(11-21(30)24(22)39-14-23(34)31-18-8-6-17(29)7-9-18)10-20-25(35)32-27(37)33(26(20)36)19-5-3-4-16(28)13-19/h3-13H,2,14H2,1H3,(H,31,34)(H,32,35,37)/b20-10+. The normalized spacial score (nSPS) is 14.3. The van der Waals surface area contributed by atoms with E-state index in [1.807, 2.05) is 22.6 Å². The summed E-state index contributed by atoms with van der Waals surface area (Å²) >= 11 is 7.99. The van der Waals surface area contributed by atoms with Crippen LogP contribution in [0.4, 0.5) is 20.6 Å². The van der Waals surface area contributed by atoms with E-state index in [0.29, 0.717) is 19.8 Å². The predicted octanol–water partition coefficient (Wildman–Crippen LogP) is 5.17. The minimum absolute atomic E-state index is 0.204. The molecule has 1 aliphatic heterocycles. The van der Waals surface area contributed by atoms with Gasteiger partial charge in [0.1, 0.15) is 11.4 Å². The third-order valence-corrected chi connectivity index (χ3v) is 6.32. The summed E-state index contributed by atoms with van der Waals surface area (Å²) in [6.45, 7) is 1.67. The van der Waals surface area contributed by atoms with Gasteiger partial charge in [-0.25, -0.2) is 14.1 Å². The Morgan fingerprint density at radius 1 is 1.10 bits per heavy atom. The number of nitrogens with zero attached hydrogens (tertiary/aromatic N) is 1. The van der Waals surface area contributed by atoms with Crippen LogP contribution in [-0.4, -0.2) is 37.0 Å². The number of benzene rings is 3. The molecule has 0 aliphatic carbocycles. The molecule has 0 saturated carbocycles. The summed E-state index contributed by atoms with van der Waals surface area (Å²) in [5.74, 6) is -2.01. The minimum Gasteiger partial charge on any atom is -0.490 e. The molecule has 0 radical (unpaired) electrons. The zero-order valence-corrected chi connectivity index (χ0v) is 23.2. The number of halogens is 3. The van der Waals surface area contributed by atoms with Crippen molar-refractivity contribution in [1.82, 2.24) is 5.32 Å². The van der Waals surface area contributed by atoms with Crippen molar-refractivity contribution < 1.29 is 33.0 Å². The van der Waals surface area contributed by atoms with Crippen LogP contribution in [0.25, 0.3) is 6.08 Å². The maximum Gasteiger partial charge on any atom is 0.335 e. The van der Waals surface area contributed by atoms with Gasteiger partial charge in [0.25, 0.3) is 17.7 Å². The fourth-order valence-corrected chi connectivity index (χ4v) is 4.58. The van der Waals surface area contributed by atoms with Crippen LogP contribution in [0.2, 0.25) is 5.02 Å². The van der Waals surface area contributed by atoms with Crippen molar-refractivity contribution in [2.75, 3.05) is 23.4 Å². The first-order valence-electron chi connectivity index (χ1n) is 11.5. The highest BCUT2D eigenvalue weighted by atomic mass is 127. The summed E-state index contributed by atoms with van der Waals surface area (Å²) in [6, 6.07) is 13.7. The van der Waals surface area contributed by atoms with Gasteiger partial charge in [0.2, 0.25) is 0 Å². The Morgan fingerprint density at radius 2 is 1.85 bits per heavy atom. The lowest BCUT2D eigenvalue weighted by Gasteiger charge is -2.26. The third kappa shape index (κ3) is 6.73. The quantitative estimate of drug-likeness (QED) is 0.196. The Bertz CT molecular complexity index is 1500. The van der Waals surface area contributed by atoms with Crippen LogP contribution in [0.5, 0.6) is 11.5 Å². The van der Waals surface area contributed by atoms with Gasteiger partial charge in [0.05, 0.1) is 15.9 Å². The Labute approximate surface area is 241 Å². The Kier molecular flexibility index (Phi) is 8.82. The molecule has 3 aromatic rings. The molecule has 39 heavy (non-hydrogen) atoms. The number of urea groups is 1. The first-order chi connectivity index (χ1) is 18.7. The number of hydrogen-bond acceptors (Lipinski definition) is 6. The molecule has 200 valence electrons. The van der Waals surface area contributed by atoms with Gasteiger partial charge >= 0.3 is 6.03 Å². The van der Waals surface area contributed by atoms with Crippen molar-refractivity contribution in [3.63, 3.8) is 0 Å². The van der Waals surface area contributed by atoms with E-state index in [1.165, 1.54) is 42.5 Å². The molecule has 1 fully saturated rings. The molecule has 12 heteroatoms. The van der Waals surface area contributed by atoms with Gasteiger partial charge in [-0.3, -0.25) is 19.7 Å². The van der Waals surface area contributed by atoms with Gasteiger partial charge in [-0.1, -0.05) is 17.7 Å². The fraction of sp³-hybridized carbons (Fsp3) is 0.111. The van der Waals surface area contributed by atoms with E-state index in [0.717, 1.165) is 4.90 Å². The highest BCUT2D eigenvalue weighted by Crippen LogP contribution is 2.35. The molecule has 0 unspecified atom stereocenters. The molecule has 0 spiro atoms. The molecule has 9 nitrogen and oxygen atoms in total. The number of carbonyl (C=O) groups is 4. The van der Waals surface area contributed by atoms with Gasteiger partial charge in [0, 0.05) is 10.7 Å². The lowest BCUT2D eigenvalue weighted by molar-refractivity contribution is -0.122. The zero-order valence-electron chi connectivity index (χ0n) is 20.3. The summed E-state index contributed by atoms with van der Waals surface area (Å²) in [7, 11) is 0. The van der Waals surface area contributed by atoms with E-state index in [1.54, 1.807) is 31.2 Å². The molecule has 1 aliphatic rings. The molecule has 3 aromatic carbocycles. The van der Waals surface area contributed by atoms with E-state index in [9.17, 15) is 23.6 Å². The number of anilines is 2. The van der Waals surface area contributed by atoms with Crippen LogP contribution in [0.3, 0.4) is 0 Å². The van der Waals surface area contributed by atoms with E-state index in [4.69, 9.17) is 21.1 Å². The maximum atomic E-state index is 13.2. The van der Waals surface area contributed by atoms with E-state index >= 15 is 0 Å². The van der Waals surface area contributed by atoms with E-state index < -0.39 is 29.6 Å². The van der Waals surface area contributed by atoms with Crippen molar-refractivity contribution in [3.05, 3.63) is 86.2 Å². The lowest BCUT2D eigenvalue weighted by Crippen LogP contribution is -2.54. The van der Waals surface area contributed by atoms with Crippen molar-refractivity contribution in [2.45, 2.75) is 6.92 Å². The number of hydrogen-bond donors (Lipinski definition) is 2. The second-order valence-corrected chi connectivity index (χ2v) is 9.64. The Balaban J connectivity index is 1.58. The maximum absolute atomic E-state index is 13.2. The minimum atomic E-state index is -0.892. The molecule has 4 rings (SSSR count). The highest BCUT2D eigenvalue weighted by molar-refractivity contribution is 14.1. The summed E-state index contributed by atoms with van der Waals surface area (Å²) in [5, 5.41) is 5.08. The second kappa shape index (κ2) is 12.3. The van der Waals surface area contributed by atoms with Crippen molar-refractivity contribution >= 4 is 75.4 Å². The first kappa shape index (κ1) is 28.0. The largest absolute Gasteiger partial charge is 0.490 e. The van der Waals surface area contributed by atoms with Crippen LogP contribution in [0.1, 0.15) is 12.5 Å². The number of imide groups is 2. The summed E-state index contributed by atoms with van der Waals surface area (Å²) in [5.41, 5.74) is 0.757. The van der Waals surface area contributed by atoms with Crippen LogP contribution >= 0.6 is 34.2 Å². The highest BCUT2D eigenvalue weighted by Gasteiger charge is 2.37. The Morgan fingerprint density at radius 3 is 2.54 bits per heavy atom. The van der Waals surface area contributed by atoms with Crippen LogP contribution in [0.15, 0.2) is 66.2 Å². The average molecular weight is 664 g/mol. The van der Waals surface area contributed by atoms with Gasteiger partial charge < -0.3 is 14.8 Å². The first-order valence-corrected chi connectivity index (χ1v) is 12.9.